The first-order chi connectivity index (χ1) is 12.6. The zero-order valence-corrected chi connectivity index (χ0v) is 14.6. The fourth-order valence-corrected chi connectivity index (χ4v) is 2.97. The van der Waals surface area contributed by atoms with E-state index in [1.165, 1.54) is 17.8 Å². The van der Waals surface area contributed by atoms with Crippen LogP contribution in [0.1, 0.15) is 12.7 Å². The van der Waals surface area contributed by atoms with E-state index in [4.69, 9.17) is 0 Å². The Balaban J connectivity index is 1.64. The third-order valence-corrected chi connectivity index (χ3v) is 4.72. The monoisotopic (exact) mass is 375 g/mol. The summed E-state index contributed by atoms with van der Waals surface area (Å²) in [5.74, 6) is -1.21. The van der Waals surface area contributed by atoms with E-state index in [0.717, 1.165) is 17.8 Å². The number of hydrogen-bond donors (Lipinski definition) is 1. The zero-order valence-electron chi connectivity index (χ0n) is 13.8. The number of tetrazole rings is 1. The fourth-order valence-electron chi connectivity index (χ4n) is 2.18. The second-order valence-corrected chi connectivity index (χ2v) is 6.71. The van der Waals surface area contributed by atoms with Crippen molar-refractivity contribution in [1.82, 2.24) is 20.2 Å². The highest BCUT2D eigenvalue weighted by Crippen LogP contribution is 2.22. The van der Waals surface area contributed by atoms with Crippen molar-refractivity contribution in [3.05, 3.63) is 66.0 Å². The van der Waals surface area contributed by atoms with Crippen LogP contribution >= 0.6 is 11.8 Å². The van der Waals surface area contributed by atoms with Crippen LogP contribution in [0.5, 0.6) is 0 Å². The molecule has 26 heavy (non-hydrogen) atoms. The minimum Gasteiger partial charge on any atom is -0.320 e. The predicted octanol–water partition coefficient (Wildman–Crippen LogP) is 3.20. The van der Waals surface area contributed by atoms with Gasteiger partial charge in [0.1, 0.15) is 17.3 Å². The molecule has 1 amide bonds. The van der Waals surface area contributed by atoms with Gasteiger partial charge in [0, 0.05) is 0 Å². The summed E-state index contributed by atoms with van der Waals surface area (Å²) in [6, 6.07) is 12.8. The number of anilines is 1. The summed E-state index contributed by atoms with van der Waals surface area (Å²) in [7, 11) is 0. The summed E-state index contributed by atoms with van der Waals surface area (Å²) in [6.07, 6.45) is 0. The van der Waals surface area contributed by atoms with Gasteiger partial charge in [-0.1, -0.05) is 24.3 Å². The van der Waals surface area contributed by atoms with Gasteiger partial charge in [0.25, 0.3) is 0 Å². The average Bonchev–Trinajstić information content (AvgIpc) is 3.12. The molecule has 1 atom stereocenters. The molecule has 0 aliphatic carbocycles. The molecule has 0 radical (unpaired) electrons. The molecule has 0 saturated heterocycles. The summed E-state index contributed by atoms with van der Waals surface area (Å²) in [4.78, 5) is 12.2. The molecule has 0 aliphatic heterocycles. The molecule has 2 aromatic carbocycles. The number of carbonyl (C=O) groups excluding carboxylic acids is 1. The van der Waals surface area contributed by atoms with Gasteiger partial charge in [0.05, 0.1) is 16.7 Å². The maximum atomic E-state index is 13.6. The number of aromatic nitrogens is 4. The SMILES string of the molecule is CC(SCc1nnnn1-c1ccccc1)C(=O)Nc1c(F)cccc1F. The smallest absolute Gasteiger partial charge is 0.237 e. The van der Waals surface area contributed by atoms with Crippen molar-refractivity contribution in [2.45, 2.75) is 17.9 Å². The minimum atomic E-state index is -0.816. The van der Waals surface area contributed by atoms with Gasteiger partial charge in [-0.05, 0) is 41.6 Å². The molecular formula is C17H15F2N5OS. The topological polar surface area (TPSA) is 72.7 Å². The average molecular weight is 375 g/mol. The quantitative estimate of drug-likeness (QED) is 0.716. The van der Waals surface area contributed by atoms with E-state index in [2.05, 4.69) is 20.8 Å². The second-order valence-electron chi connectivity index (χ2n) is 5.38. The zero-order chi connectivity index (χ0) is 18.5. The highest BCUT2D eigenvalue weighted by molar-refractivity contribution is 7.99. The largest absolute Gasteiger partial charge is 0.320 e. The molecule has 1 aromatic heterocycles. The lowest BCUT2D eigenvalue weighted by Crippen LogP contribution is -2.24. The second kappa shape index (κ2) is 8.05. The summed E-state index contributed by atoms with van der Waals surface area (Å²) in [6.45, 7) is 1.65. The Hall–Kier alpha value is -2.81. The number of benzene rings is 2. The van der Waals surface area contributed by atoms with Crippen LogP contribution in [0.2, 0.25) is 0 Å². The maximum absolute atomic E-state index is 13.6. The Morgan fingerprint density at radius 1 is 1.15 bits per heavy atom. The molecular weight excluding hydrogens is 360 g/mol. The molecule has 0 fully saturated rings. The third kappa shape index (κ3) is 4.05. The van der Waals surface area contributed by atoms with Crippen LogP contribution in [0, 0.1) is 11.6 Å². The van der Waals surface area contributed by atoms with Crippen LogP contribution in [0.15, 0.2) is 48.5 Å². The first-order valence-electron chi connectivity index (χ1n) is 7.75. The van der Waals surface area contributed by atoms with E-state index in [9.17, 15) is 13.6 Å². The Bertz CT molecular complexity index is 883. The molecule has 134 valence electrons. The molecule has 6 nitrogen and oxygen atoms in total. The number of para-hydroxylation sites is 2. The van der Waals surface area contributed by atoms with Crippen LogP contribution in [0.25, 0.3) is 5.69 Å². The van der Waals surface area contributed by atoms with Gasteiger partial charge in [0.2, 0.25) is 5.91 Å². The standard InChI is InChI=1S/C17H15F2N5OS/c1-11(17(25)20-16-13(18)8-5-9-14(16)19)26-10-15-21-22-23-24(15)12-6-3-2-4-7-12/h2-9,11H,10H2,1H3,(H,20,25). The van der Waals surface area contributed by atoms with Crippen molar-refractivity contribution >= 4 is 23.4 Å². The van der Waals surface area contributed by atoms with E-state index in [-0.39, 0.29) is 0 Å². The number of nitrogens with one attached hydrogen (secondary N) is 1. The lowest BCUT2D eigenvalue weighted by atomic mass is 10.3. The van der Waals surface area contributed by atoms with Gasteiger partial charge in [0.15, 0.2) is 5.82 Å². The number of carbonyl (C=O) groups is 1. The molecule has 1 N–H and O–H groups in total. The van der Waals surface area contributed by atoms with E-state index in [1.807, 2.05) is 30.3 Å². The number of thioether (sulfide) groups is 1. The molecule has 3 rings (SSSR count). The van der Waals surface area contributed by atoms with Crippen molar-refractivity contribution in [2.75, 3.05) is 5.32 Å². The summed E-state index contributed by atoms with van der Waals surface area (Å²) in [5, 5.41) is 13.3. The number of nitrogens with zero attached hydrogens (tertiary/aromatic N) is 4. The molecule has 3 aromatic rings. The Kier molecular flexibility index (Phi) is 5.57. The molecule has 9 heteroatoms. The normalized spacial score (nSPS) is 12.0. The van der Waals surface area contributed by atoms with Crippen LogP contribution in [-0.2, 0) is 10.5 Å². The Morgan fingerprint density at radius 3 is 2.54 bits per heavy atom. The molecule has 0 bridgehead atoms. The van der Waals surface area contributed by atoms with Gasteiger partial charge in [-0.15, -0.1) is 16.9 Å². The lowest BCUT2D eigenvalue weighted by molar-refractivity contribution is -0.115. The summed E-state index contributed by atoms with van der Waals surface area (Å²) in [5.41, 5.74) is 0.359. The van der Waals surface area contributed by atoms with Crippen molar-refractivity contribution in [2.24, 2.45) is 0 Å². The van der Waals surface area contributed by atoms with Gasteiger partial charge in [-0.2, -0.15) is 4.68 Å². The van der Waals surface area contributed by atoms with Gasteiger partial charge in [-0.3, -0.25) is 4.79 Å². The van der Waals surface area contributed by atoms with Gasteiger partial charge >= 0.3 is 0 Å². The Labute approximate surface area is 152 Å². The highest BCUT2D eigenvalue weighted by atomic mass is 32.2. The summed E-state index contributed by atoms with van der Waals surface area (Å²) < 4.78 is 28.8. The van der Waals surface area contributed by atoms with E-state index >= 15 is 0 Å². The van der Waals surface area contributed by atoms with Crippen molar-refractivity contribution in [1.29, 1.82) is 0 Å². The minimum absolute atomic E-state index is 0.357. The predicted molar refractivity (Wildman–Crippen MR) is 94.9 cm³/mol. The molecule has 1 heterocycles. The highest BCUT2D eigenvalue weighted by Gasteiger charge is 2.19. The van der Waals surface area contributed by atoms with E-state index in [1.54, 1.807) is 11.6 Å². The number of rotatable bonds is 6. The molecule has 0 spiro atoms. The van der Waals surface area contributed by atoms with Gasteiger partial charge < -0.3 is 5.32 Å². The Morgan fingerprint density at radius 2 is 1.85 bits per heavy atom. The summed E-state index contributed by atoms with van der Waals surface area (Å²) >= 11 is 1.26. The van der Waals surface area contributed by atoms with Crippen LogP contribution in [0.3, 0.4) is 0 Å². The molecule has 1 unspecified atom stereocenters. The fraction of sp³-hybridized carbons (Fsp3) is 0.176. The number of hydrogen-bond acceptors (Lipinski definition) is 5. The van der Waals surface area contributed by atoms with Gasteiger partial charge in [-0.25, -0.2) is 8.78 Å². The first-order valence-corrected chi connectivity index (χ1v) is 8.80. The molecule has 0 saturated carbocycles. The van der Waals surface area contributed by atoms with Crippen molar-refractivity contribution in [3.63, 3.8) is 0 Å². The lowest BCUT2D eigenvalue weighted by Gasteiger charge is -2.13. The maximum Gasteiger partial charge on any atom is 0.237 e. The van der Waals surface area contributed by atoms with Crippen molar-refractivity contribution in [3.8, 4) is 5.69 Å². The first kappa shape index (κ1) is 18.0. The van der Waals surface area contributed by atoms with E-state index in [0.29, 0.717) is 11.6 Å². The van der Waals surface area contributed by atoms with E-state index < -0.39 is 28.5 Å². The van der Waals surface area contributed by atoms with Crippen molar-refractivity contribution < 1.29 is 13.6 Å². The van der Waals surface area contributed by atoms with Crippen LogP contribution in [0.4, 0.5) is 14.5 Å². The van der Waals surface area contributed by atoms with Crippen LogP contribution in [-0.4, -0.2) is 31.4 Å². The number of halogens is 2. The van der Waals surface area contributed by atoms with Crippen LogP contribution < -0.4 is 5.32 Å². The molecule has 0 aliphatic rings. The number of amides is 1. The third-order valence-electron chi connectivity index (χ3n) is 3.58.